The fourth-order valence-electron chi connectivity index (χ4n) is 2.56. The van der Waals surface area contributed by atoms with Gasteiger partial charge in [0.2, 0.25) is 5.89 Å². The molecule has 6 nitrogen and oxygen atoms in total. The molecule has 1 aromatic carbocycles. The average Bonchev–Trinajstić information content (AvgIpc) is 2.99. The highest BCUT2D eigenvalue weighted by atomic mass is 32.2. The zero-order valence-electron chi connectivity index (χ0n) is 13.0. The Labute approximate surface area is 139 Å². The van der Waals surface area contributed by atoms with Gasteiger partial charge in [-0.2, -0.15) is 4.98 Å². The van der Waals surface area contributed by atoms with Crippen molar-refractivity contribution in [3.63, 3.8) is 0 Å². The molecule has 1 aliphatic rings. The fraction of sp³-hybridized carbons (Fsp3) is 0.438. The van der Waals surface area contributed by atoms with Crippen LogP contribution in [-0.2, 0) is 5.75 Å². The molecule has 122 valence electrons. The molecule has 0 saturated carbocycles. The number of nitrogens with zero attached hydrogens (tertiary/aromatic N) is 2. The minimum Gasteiger partial charge on any atom is -0.348 e. The first kappa shape index (κ1) is 16.0. The summed E-state index contributed by atoms with van der Waals surface area (Å²) in [6.45, 7) is 3.65. The van der Waals surface area contributed by atoms with E-state index >= 15 is 0 Å². The summed E-state index contributed by atoms with van der Waals surface area (Å²) in [6.07, 6.45) is 2.12. The second-order valence-corrected chi connectivity index (χ2v) is 6.55. The van der Waals surface area contributed by atoms with Gasteiger partial charge in [-0.15, -0.1) is 11.8 Å². The van der Waals surface area contributed by atoms with Gasteiger partial charge in [0, 0.05) is 17.5 Å². The third kappa shape index (κ3) is 4.33. The molecule has 1 aliphatic heterocycles. The summed E-state index contributed by atoms with van der Waals surface area (Å²) in [4.78, 5) is 17.7. The molecule has 1 fully saturated rings. The molecule has 0 aliphatic carbocycles. The largest absolute Gasteiger partial charge is 0.348 e. The Balaban J connectivity index is 1.65. The number of carbonyl (C=O) groups excluding carboxylic acids is 1. The van der Waals surface area contributed by atoms with E-state index in [-0.39, 0.29) is 11.9 Å². The van der Waals surface area contributed by atoms with Crippen molar-refractivity contribution in [2.75, 3.05) is 13.1 Å². The first-order valence-electron chi connectivity index (χ1n) is 7.75. The molecule has 3 rings (SSSR count). The van der Waals surface area contributed by atoms with Crippen molar-refractivity contribution in [3.05, 3.63) is 41.5 Å². The number of piperidine rings is 1. The zero-order valence-corrected chi connectivity index (χ0v) is 13.9. The van der Waals surface area contributed by atoms with E-state index in [0.29, 0.717) is 23.0 Å². The van der Waals surface area contributed by atoms with Gasteiger partial charge in [-0.25, -0.2) is 0 Å². The Hall–Kier alpha value is -1.86. The van der Waals surface area contributed by atoms with Crippen molar-refractivity contribution < 1.29 is 9.32 Å². The monoisotopic (exact) mass is 332 g/mol. The van der Waals surface area contributed by atoms with Crippen LogP contribution in [-0.4, -0.2) is 35.2 Å². The van der Waals surface area contributed by atoms with Crippen LogP contribution >= 0.6 is 11.8 Å². The van der Waals surface area contributed by atoms with Crippen LogP contribution in [0.5, 0.6) is 0 Å². The van der Waals surface area contributed by atoms with E-state index in [9.17, 15) is 4.79 Å². The number of amides is 1. The van der Waals surface area contributed by atoms with Crippen molar-refractivity contribution in [1.82, 2.24) is 20.8 Å². The number of aryl methyl sites for hydroxylation is 1. The Morgan fingerprint density at radius 2 is 2.35 bits per heavy atom. The Morgan fingerprint density at radius 3 is 3.09 bits per heavy atom. The van der Waals surface area contributed by atoms with Gasteiger partial charge in [-0.3, -0.25) is 4.79 Å². The lowest BCUT2D eigenvalue weighted by Gasteiger charge is -2.24. The summed E-state index contributed by atoms with van der Waals surface area (Å²) in [5.41, 5.74) is 0.694. The van der Waals surface area contributed by atoms with Crippen molar-refractivity contribution in [2.45, 2.75) is 36.5 Å². The van der Waals surface area contributed by atoms with Crippen molar-refractivity contribution in [2.24, 2.45) is 0 Å². The Bertz CT molecular complexity index is 668. The molecule has 0 radical (unpaired) electrons. The van der Waals surface area contributed by atoms with E-state index in [1.54, 1.807) is 6.92 Å². The number of hydrogen-bond donors (Lipinski definition) is 2. The second-order valence-electron chi connectivity index (χ2n) is 5.54. The van der Waals surface area contributed by atoms with Crippen LogP contribution in [0, 0.1) is 6.92 Å². The predicted octanol–water partition coefficient (Wildman–Crippen LogP) is 2.15. The normalized spacial score (nSPS) is 17.9. The average molecular weight is 332 g/mol. The molecule has 0 spiro atoms. The smallest absolute Gasteiger partial charge is 0.252 e. The predicted molar refractivity (Wildman–Crippen MR) is 88.4 cm³/mol. The molecule has 2 N–H and O–H groups in total. The van der Waals surface area contributed by atoms with E-state index in [4.69, 9.17) is 4.52 Å². The molecule has 23 heavy (non-hydrogen) atoms. The van der Waals surface area contributed by atoms with Crippen LogP contribution in [0.25, 0.3) is 0 Å². The van der Waals surface area contributed by atoms with E-state index in [1.807, 2.05) is 24.3 Å². The van der Waals surface area contributed by atoms with E-state index in [1.165, 1.54) is 11.8 Å². The molecular weight excluding hydrogens is 312 g/mol. The van der Waals surface area contributed by atoms with Gasteiger partial charge in [0.05, 0.1) is 11.3 Å². The van der Waals surface area contributed by atoms with Crippen LogP contribution in [0.2, 0.25) is 0 Å². The number of aromatic nitrogens is 2. The number of carbonyl (C=O) groups is 1. The lowest BCUT2D eigenvalue weighted by Crippen LogP contribution is -2.45. The van der Waals surface area contributed by atoms with Crippen LogP contribution in [0.15, 0.2) is 33.7 Å². The number of rotatable bonds is 5. The summed E-state index contributed by atoms with van der Waals surface area (Å²) >= 11 is 1.53. The topological polar surface area (TPSA) is 80.0 Å². The lowest BCUT2D eigenvalue weighted by atomic mass is 10.1. The first-order chi connectivity index (χ1) is 11.2. The number of thioether (sulfide) groups is 1. The number of benzene rings is 1. The summed E-state index contributed by atoms with van der Waals surface area (Å²) in [5, 5.41) is 10.2. The van der Waals surface area contributed by atoms with Crippen LogP contribution in [0.3, 0.4) is 0 Å². The maximum Gasteiger partial charge on any atom is 0.252 e. The van der Waals surface area contributed by atoms with Gasteiger partial charge in [0.25, 0.3) is 5.91 Å². The quantitative estimate of drug-likeness (QED) is 0.817. The molecule has 1 saturated heterocycles. The molecule has 7 heteroatoms. The minimum atomic E-state index is -0.0245. The Morgan fingerprint density at radius 1 is 1.48 bits per heavy atom. The second kappa shape index (κ2) is 7.61. The summed E-state index contributed by atoms with van der Waals surface area (Å²) in [7, 11) is 0. The molecule has 2 heterocycles. The molecule has 2 aromatic rings. The van der Waals surface area contributed by atoms with Gasteiger partial charge in [0.1, 0.15) is 0 Å². The van der Waals surface area contributed by atoms with Crippen molar-refractivity contribution in [3.8, 4) is 0 Å². The molecule has 1 aromatic heterocycles. The maximum absolute atomic E-state index is 12.5. The maximum atomic E-state index is 12.5. The van der Waals surface area contributed by atoms with Crippen LogP contribution < -0.4 is 10.6 Å². The van der Waals surface area contributed by atoms with Crippen molar-refractivity contribution >= 4 is 17.7 Å². The molecule has 1 atom stereocenters. The van der Waals surface area contributed by atoms with E-state index in [2.05, 4.69) is 20.8 Å². The fourth-order valence-corrected chi connectivity index (χ4v) is 3.44. The van der Waals surface area contributed by atoms with Gasteiger partial charge in [0.15, 0.2) is 5.82 Å². The first-order valence-corrected chi connectivity index (χ1v) is 8.73. The highest BCUT2D eigenvalue weighted by Crippen LogP contribution is 2.26. The molecular formula is C16H20N4O2S. The van der Waals surface area contributed by atoms with Gasteiger partial charge < -0.3 is 15.2 Å². The zero-order chi connectivity index (χ0) is 16.1. The third-order valence-corrected chi connectivity index (χ3v) is 4.74. The Kier molecular flexibility index (Phi) is 5.30. The van der Waals surface area contributed by atoms with Crippen LogP contribution in [0.1, 0.15) is 34.9 Å². The van der Waals surface area contributed by atoms with E-state index in [0.717, 1.165) is 30.8 Å². The summed E-state index contributed by atoms with van der Waals surface area (Å²) in [5.74, 6) is 1.72. The molecule has 1 amide bonds. The standard InChI is InChI=1S/C16H20N4O2S/c1-11-18-15(22-20-11)10-23-14-7-3-2-6-13(14)16(21)19-12-5-4-8-17-9-12/h2-3,6-7,12,17H,4-5,8-10H2,1H3,(H,19,21). The summed E-state index contributed by atoms with van der Waals surface area (Å²) < 4.78 is 5.12. The minimum absolute atomic E-state index is 0.0245. The van der Waals surface area contributed by atoms with Crippen molar-refractivity contribution in [1.29, 1.82) is 0 Å². The lowest BCUT2D eigenvalue weighted by molar-refractivity contribution is 0.0927. The van der Waals surface area contributed by atoms with Gasteiger partial charge in [-0.1, -0.05) is 17.3 Å². The van der Waals surface area contributed by atoms with Crippen LogP contribution in [0.4, 0.5) is 0 Å². The highest BCUT2D eigenvalue weighted by molar-refractivity contribution is 7.98. The number of nitrogens with one attached hydrogen (secondary N) is 2. The molecule has 1 unspecified atom stereocenters. The number of hydrogen-bond acceptors (Lipinski definition) is 6. The third-order valence-electron chi connectivity index (χ3n) is 3.68. The SMILES string of the molecule is Cc1noc(CSc2ccccc2C(=O)NC2CCCNC2)n1. The van der Waals surface area contributed by atoms with Gasteiger partial charge in [-0.05, 0) is 38.4 Å². The summed E-state index contributed by atoms with van der Waals surface area (Å²) in [6, 6.07) is 7.82. The van der Waals surface area contributed by atoms with E-state index < -0.39 is 0 Å². The molecule has 0 bridgehead atoms. The highest BCUT2D eigenvalue weighted by Gasteiger charge is 2.18. The van der Waals surface area contributed by atoms with Gasteiger partial charge >= 0.3 is 0 Å².